The van der Waals surface area contributed by atoms with Crippen LogP contribution in [-0.4, -0.2) is 43.4 Å². The molecule has 2 aliphatic rings. The van der Waals surface area contributed by atoms with Crippen LogP contribution in [0, 0.1) is 6.92 Å². The van der Waals surface area contributed by atoms with Crippen LogP contribution in [0.25, 0.3) is 10.6 Å². The zero-order valence-electron chi connectivity index (χ0n) is 16.3. The number of carbonyl (C=O) groups excluding carboxylic acids is 1. The van der Waals surface area contributed by atoms with Gasteiger partial charge < -0.3 is 15.4 Å². The minimum atomic E-state index is -0.184. The summed E-state index contributed by atoms with van der Waals surface area (Å²) in [6.07, 6.45) is 4.30. The van der Waals surface area contributed by atoms with Crippen molar-refractivity contribution in [2.24, 2.45) is 0 Å². The normalized spacial score (nSPS) is 20.7. The predicted octanol–water partition coefficient (Wildman–Crippen LogP) is 3.89. The molecule has 6 nitrogen and oxygen atoms in total. The number of aryl methyl sites for hydroxylation is 1. The smallest absolute Gasteiger partial charge is 0.320 e. The first-order chi connectivity index (χ1) is 13.7. The Morgan fingerprint density at radius 1 is 1.29 bits per heavy atom. The third-order valence-electron chi connectivity index (χ3n) is 5.56. The number of thiazole rings is 1. The van der Waals surface area contributed by atoms with Gasteiger partial charge in [-0.25, -0.2) is 9.78 Å². The molecule has 7 heteroatoms. The number of nitrogens with zero attached hydrogens (tertiary/aromatic N) is 1. The monoisotopic (exact) mass is 400 g/mol. The first kappa shape index (κ1) is 19.4. The summed E-state index contributed by atoms with van der Waals surface area (Å²) in [5, 5.41) is 12.0. The molecule has 3 N–H and O–H groups in total. The number of benzene rings is 1. The fourth-order valence-corrected chi connectivity index (χ4v) is 4.80. The maximum Gasteiger partial charge on any atom is 0.320 e. The van der Waals surface area contributed by atoms with E-state index in [-0.39, 0.29) is 12.1 Å². The highest BCUT2D eigenvalue weighted by Crippen LogP contribution is 2.33. The molecule has 2 aromatic rings. The Hall–Kier alpha value is -1.96. The highest BCUT2D eigenvalue weighted by molar-refractivity contribution is 7.13. The number of aromatic nitrogens is 1. The Labute approximate surface area is 170 Å². The molecule has 28 heavy (non-hydrogen) atoms. The lowest BCUT2D eigenvalue weighted by atomic mass is 9.88. The van der Waals surface area contributed by atoms with E-state index in [1.807, 2.05) is 5.38 Å². The highest BCUT2D eigenvalue weighted by Gasteiger charge is 2.19. The van der Waals surface area contributed by atoms with E-state index in [2.05, 4.69) is 46.1 Å². The number of rotatable bonds is 4. The third kappa shape index (κ3) is 4.71. The number of nitrogens with one attached hydrogen (secondary N) is 3. The summed E-state index contributed by atoms with van der Waals surface area (Å²) in [6.45, 7) is 5.74. The zero-order valence-corrected chi connectivity index (χ0v) is 17.1. The number of ether oxygens (including phenoxy) is 1. The first-order valence-corrected chi connectivity index (χ1v) is 11.0. The van der Waals surface area contributed by atoms with Crippen molar-refractivity contribution in [3.05, 3.63) is 34.7 Å². The quantitative estimate of drug-likeness (QED) is 0.728. The molecule has 0 bridgehead atoms. The van der Waals surface area contributed by atoms with E-state index in [4.69, 9.17) is 4.74 Å². The Bertz CT molecular complexity index is 810. The summed E-state index contributed by atoms with van der Waals surface area (Å²) in [6, 6.07) is 6.59. The van der Waals surface area contributed by atoms with E-state index in [9.17, 15) is 4.79 Å². The summed E-state index contributed by atoms with van der Waals surface area (Å²) in [5.41, 5.74) is 3.82. The van der Waals surface area contributed by atoms with Gasteiger partial charge in [-0.3, -0.25) is 5.32 Å². The van der Waals surface area contributed by atoms with Crippen molar-refractivity contribution in [2.75, 3.05) is 31.6 Å². The van der Waals surface area contributed by atoms with Crippen molar-refractivity contribution in [2.45, 2.75) is 44.6 Å². The van der Waals surface area contributed by atoms with Crippen LogP contribution in [0.1, 0.15) is 42.7 Å². The average Bonchev–Trinajstić information content (AvgIpc) is 3.17. The molecular weight excluding hydrogens is 372 g/mol. The Morgan fingerprint density at radius 2 is 2.14 bits per heavy atom. The number of amides is 2. The van der Waals surface area contributed by atoms with E-state index in [1.54, 1.807) is 11.3 Å². The topological polar surface area (TPSA) is 75.3 Å². The average molecular weight is 401 g/mol. The van der Waals surface area contributed by atoms with E-state index in [0.29, 0.717) is 11.7 Å². The molecule has 150 valence electrons. The molecule has 1 aromatic heterocycles. The van der Waals surface area contributed by atoms with Crippen LogP contribution in [0.15, 0.2) is 23.6 Å². The summed E-state index contributed by atoms with van der Waals surface area (Å²) < 4.78 is 5.48. The predicted molar refractivity (Wildman–Crippen MR) is 113 cm³/mol. The number of carbonyl (C=O) groups is 1. The Morgan fingerprint density at radius 3 is 2.89 bits per heavy atom. The van der Waals surface area contributed by atoms with Gasteiger partial charge in [0, 0.05) is 36.7 Å². The number of piperidine rings is 1. The fourth-order valence-electron chi connectivity index (χ4n) is 4.05. The second kappa shape index (κ2) is 9.03. The van der Waals surface area contributed by atoms with Gasteiger partial charge in [-0.1, -0.05) is 12.1 Å². The summed E-state index contributed by atoms with van der Waals surface area (Å²) in [7, 11) is 0. The van der Waals surface area contributed by atoms with Gasteiger partial charge >= 0.3 is 6.03 Å². The van der Waals surface area contributed by atoms with Gasteiger partial charge in [-0.2, -0.15) is 0 Å². The maximum atomic E-state index is 12.2. The molecule has 2 amide bonds. The standard InChI is InChI=1S/C21H28N4O2S/c1-14-11-16(4-5-18(14)15-6-9-27-10-7-15)20-24-19(13-28-20)25-21(26)23-17-3-2-8-22-12-17/h4-5,11,13,15,17,22H,2-3,6-10,12H2,1H3,(H2,23,25,26). The molecule has 1 aromatic carbocycles. The molecule has 0 saturated carbocycles. The van der Waals surface area contributed by atoms with Crippen molar-refractivity contribution in [1.82, 2.24) is 15.6 Å². The highest BCUT2D eigenvalue weighted by atomic mass is 32.1. The van der Waals surface area contributed by atoms with Crippen molar-refractivity contribution in [3.63, 3.8) is 0 Å². The molecule has 1 atom stereocenters. The van der Waals surface area contributed by atoms with Crippen molar-refractivity contribution in [1.29, 1.82) is 0 Å². The number of anilines is 1. The zero-order chi connectivity index (χ0) is 19.3. The third-order valence-corrected chi connectivity index (χ3v) is 6.45. The maximum absolute atomic E-state index is 12.2. The van der Waals surface area contributed by atoms with Gasteiger partial charge in [0.05, 0.1) is 0 Å². The van der Waals surface area contributed by atoms with Gasteiger partial charge in [0.2, 0.25) is 0 Å². The van der Waals surface area contributed by atoms with Gasteiger partial charge in [0.25, 0.3) is 0 Å². The molecule has 0 spiro atoms. The molecule has 1 unspecified atom stereocenters. The largest absolute Gasteiger partial charge is 0.381 e. The van der Waals surface area contributed by atoms with Crippen LogP contribution in [0.3, 0.4) is 0 Å². The van der Waals surface area contributed by atoms with E-state index in [1.165, 1.54) is 11.1 Å². The summed E-state index contributed by atoms with van der Waals surface area (Å²) in [5.74, 6) is 1.20. The van der Waals surface area contributed by atoms with Crippen LogP contribution in [0.5, 0.6) is 0 Å². The molecule has 3 heterocycles. The molecule has 4 rings (SSSR count). The van der Waals surface area contributed by atoms with Gasteiger partial charge in [0.1, 0.15) is 10.8 Å². The molecule has 0 aliphatic carbocycles. The minimum absolute atomic E-state index is 0.184. The molecule has 2 fully saturated rings. The minimum Gasteiger partial charge on any atom is -0.381 e. The Kier molecular flexibility index (Phi) is 6.24. The second-order valence-corrected chi connectivity index (χ2v) is 8.50. The summed E-state index contributed by atoms with van der Waals surface area (Å²) in [4.78, 5) is 16.8. The van der Waals surface area contributed by atoms with Gasteiger partial charge in [0.15, 0.2) is 0 Å². The van der Waals surface area contributed by atoms with Crippen molar-refractivity contribution < 1.29 is 9.53 Å². The van der Waals surface area contributed by atoms with Gasteiger partial charge in [-0.15, -0.1) is 11.3 Å². The number of urea groups is 1. The van der Waals surface area contributed by atoms with E-state index >= 15 is 0 Å². The van der Waals surface area contributed by atoms with E-state index < -0.39 is 0 Å². The van der Waals surface area contributed by atoms with Crippen molar-refractivity contribution >= 4 is 23.2 Å². The lowest BCUT2D eigenvalue weighted by Crippen LogP contribution is -2.47. The van der Waals surface area contributed by atoms with Crippen LogP contribution in [0.2, 0.25) is 0 Å². The van der Waals surface area contributed by atoms with Crippen molar-refractivity contribution in [3.8, 4) is 10.6 Å². The SMILES string of the molecule is Cc1cc(-c2nc(NC(=O)NC3CCCNC3)cs2)ccc1C1CCOCC1. The first-order valence-electron chi connectivity index (χ1n) is 10.1. The van der Waals surface area contributed by atoms with Crippen LogP contribution < -0.4 is 16.0 Å². The molecular formula is C21H28N4O2S. The van der Waals surface area contributed by atoms with Crippen LogP contribution >= 0.6 is 11.3 Å². The lowest BCUT2D eigenvalue weighted by molar-refractivity contribution is 0.0852. The number of hydrogen-bond acceptors (Lipinski definition) is 5. The van der Waals surface area contributed by atoms with Crippen LogP contribution in [0.4, 0.5) is 10.6 Å². The van der Waals surface area contributed by atoms with E-state index in [0.717, 1.165) is 62.6 Å². The molecule has 2 aliphatic heterocycles. The fraction of sp³-hybridized carbons (Fsp3) is 0.524. The van der Waals surface area contributed by atoms with Crippen LogP contribution in [-0.2, 0) is 4.74 Å². The van der Waals surface area contributed by atoms with Gasteiger partial charge in [-0.05, 0) is 62.3 Å². The number of hydrogen-bond donors (Lipinski definition) is 3. The molecule has 0 radical (unpaired) electrons. The molecule has 2 saturated heterocycles. The lowest BCUT2D eigenvalue weighted by Gasteiger charge is -2.24. The summed E-state index contributed by atoms with van der Waals surface area (Å²) >= 11 is 1.55. The second-order valence-electron chi connectivity index (χ2n) is 7.64. The Balaban J connectivity index is 1.39.